The molecule has 6 nitrogen and oxygen atoms in total. The lowest BCUT2D eigenvalue weighted by molar-refractivity contribution is 0.147. The summed E-state index contributed by atoms with van der Waals surface area (Å²) in [6.45, 7) is 5.58. The van der Waals surface area contributed by atoms with E-state index in [0.29, 0.717) is 6.54 Å². The molecule has 124 valence electrons. The Bertz CT molecular complexity index is 866. The zero-order valence-corrected chi connectivity index (χ0v) is 14.5. The topological polar surface area (TPSA) is 75.0 Å². The number of nitrogens with zero attached hydrogens (tertiary/aromatic N) is 5. The first-order valence-corrected chi connectivity index (χ1v) is 8.83. The van der Waals surface area contributed by atoms with Gasteiger partial charge in [0.2, 0.25) is 0 Å². The predicted molar refractivity (Wildman–Crippen MR) is 94.3 cm³/mol. The fraction of sp³-hybridized carbons (Fsp3) is 0.412. The van der Waals surface area contributed by atoms with E-state index in [1.807, 2.05) is 0 Å². The van der Waals surface area contributed by atoms with Crippen molar-refractivity contribution in [2.75, 3.05) is 18.0 Å². The molecule has 0 bridgehead atoms. The second-order valence-corrected chi connectivity index (χ2v) is 7.50. The molecule has 0 aromatic carbocycles. The van der Waals surface area contributed by atoms with Crippen LogP contribution in [0.5, 0.6) is 0 Å². The molecule has 4 heterocycles. The van der Waals surface area contributed by atoms with E-state index in [1.54, 1.807) is 36.3 Å². The Labute approximate surface area is 144 Å². The van der Waals surface area contributed by atoms with E-state index in [1.165, 1.54) is 10.4 Å². The van der Waals surface area contributed by atoms with Crippen LogP contribution in [-0.4, -0.2) is 44.2 Å². The number of thiophene rings is 1. The third-order valence-electron chi connectivity index (χ3n) is 4.74. The number of aliphatic hydroxyl groups excluding tert-OH is 1. The number of aromatic nitrogens is 4. The number of aliphatic hydroxyl groups is 1. The van der Waals surface area contributed by atoms with Crippen molar-refractivity contribution in [3.63, 3.8) is 0 Å². The van der Waals surface area contributed by atoms with Crippen LogP contribution < -0.4 is 4.90 Å². The van der Waals surface area contributed by atoms with Crippen LogP contribution in [0.15, 0.2) is 24.9 Å². The van der Waals surface area contributed by atoms with Gasteiger partial charge in [0, 0.05) is 42.5 Å². The lowest BCUT2D eigenvalue weighted by Gasteiger charge is -2.18. The van der Waals surface area contributed by atoms with Gasteiger partial charge >= 0.3 is 0 Å². The molecule has 0 saturated carbocycles. The van der Waals surface area contributed by atoms with E-state index in [0.717, 1.165) is 34.7 Å². The molecule has 0 amide bonds. The summed E-state index contributed by atoms with van der Waals surface area (Å²) in [5.41, 5.74) is 2.15. The fourth-order valence-electron chi connectivity index (χ4n) is 3.34. The highest BCUT2D eigenvalue weighted by Gasteiger charge is 2.33. The molecule has 0 spiro atoms. The molecular formula is C17H19N5OS. The smallest absolute Gasteiger partial charge is 0.141 e. The Kier molecular flexibility index (Phi) is 3.90. The van der Waals surface area contributed by atoms with Crippen LogP contribution in [0, 0.1) is 19.8 Å². The van der Waals surface area contributed by atoms with E-state index in [2.05, 4.69) is 38.7 Å². The lowest BCUT2D eigenvalue weighted by Crippen LogP contribution is -2.22. The van der Waals surface area contributed by atoms with E-state index in [4.69, 9.17) is 0 Å². The summed E-state index contributed by atoms with van der Waals surface area (Å²) in [7, 11) is 0. The molecule has 0 aliphatic carbocycles. The van der Waals surface area contributed by atoms with Crippen LogP contribution in [0.25, 0.3) is 10.2 Å². The monoisotopic (exact) mass is 341 g/mol. The second-order valence-electron chi connectivity index (χ2n) is 6.29. The van der Waals surface area contributed by atoms with Gasteiger partial charge in [0.15, 0.2) is 0 Å². The summed E-state index contributed by atoms with van der Waals surface area (Å²) in [6.07, 6.45) is 7.08. The summed E-state index contributed by atoms with van der Waals surface area (Å²) in [4.78, 5) is 21.8. The van der Waals surface area contributed by atoms with Crippen molar-refractivity contribution in [1.29, 1.82) is 0 Å². The van der Waals surface area contributed by atoms with E-state index < -0.39 is 6.10 Å². The number of aryl methyl sites for hydroxylation is 2. The molecule has 3 aromatic rings. The molecule has 0 radical (unpaired) electrons. The van der Waals surface area contributed by atoms with Crippen LogP contribution in [0.3, 0.4) is 0 Å². The molecule has 1 aliphatic rings. The maximum Gasteiger partial charge on any atom is 0.141 e. The first-order valence-electron chi connectivity index (χ1n) is 8.02. The number of hydrogen-bond acceptors (Lipinski definition) is 7. The van der Waals surface area contributed by atoms with Crippen molar-refractivity contribution < 1.29 is 5.11 Å². The number of β-amino-alcohol motifs (C(OH)–C–C–N with tert-alkyl or cyclic N) is 1. The highest BCUT2D eigenvalue weighted by molar-refractivity contribution is 7.18. The van der Waals surface area contributed by atoms with E-state index >= 15 is 0 Å². The Balaban J connectivity index is 1.62. The molecule has 1 N–H and O–H groups in total. The Morgan fingerprint density at radius 3 is 2.88 bits per heavy atom. The summed E-state index contributed by atoms with van der Waals surface area (Å²) in [5, 5.41) is 11.6. The van der Waals surface area contributed by atoms with Gasteiger partial charge in [-0.1, -0.05) is 0 Å². The number of hydrogen-bond donors (Lipinski definition) is 1. The summed E-state index contributed by atoms with van der Waals surface area (Å²) in [5.74, 6) is 1.06. The average Bonchev–Trinajstić information content (AvgIpc) is 3.09. The minimum atomic E-state index is -0.392. The summed E-state index contributed by atoms with van der Waals surface area (Å²) < 4.78 is 0. The van der Waals surface area contributed by atoms with Gasteiger partial charge in [0.25, 0.3) is 0 Å². The van der Waals surface area contributed by atoms with Crippen molar-refractivity contribution in [1.82, 2.24) is 19.9 Å². The number of fused-ring (bicyclic) bond motifs is 1. The molecule has 0 unspecified atom stereocenters. The molecule has 1 aliphatic heterocycles. The van der Waals surface area contributed by atoms with Gasteiger partial charge in [-0.2, -0.15) is 0 Å². The van der Waals surface area contributed by atoms with Gasteiger partial charge in [0.1, 0.15) is 17.0 Å². The van der Waals surface area contributed by atoms with Gasteiger partial charge in [-0.15, -0.1) is 11.3 Å². The third-order valence-corrected chi connectivity index (χ3v) is 5.85. The molecule has 2 atom stereocenters. The largest absolute Gasteiger partial charge is 0.391 e. The van der Waals surface area contributed by atoms with Crippen molar-refractivity contribution in [3.8, 4) is 0 Å². The van der Waals surface area contributed by atoms with Gasteiger partial charge in [0.05, 0.1) is 17.2 Å². The van der Waals surface area contributed by atoms with Gasteiger partial charge in [-0.3, -0.25) is 9.97 Å². The van der Waals surface area contributed by atoms with E-state index in [-0.39, 0.29) is 5.92 Å². The predicted octanol–water partition coefficient (Wildman–Crippen LogP) is 2.14. The van der Waals surface area contributed by atoms with Gasteiger partial charge < -0.3 is 10.0 Å². The minimum absolute atomic E-state index is 0.131. The maximum absolute atomic E-state index is 10.5. The van der Waals surface area contributed by atoms with Crippen molar-refractivity contribution in [2.45, 2.75) is 26.4 Å². The summed E-state index contributed by atoms with van der Waals surface area (Å²) in [6, 6.07) is 0. The average molecular weight is 341 g/mol. The summed E-state index contributed by atoms with van der Waals surface area (Å²) >= 11 is 1.70. The van der Waals surface area contributed by atoms with Crippen LogP contribution in [0.1, 0.15) is 16.1 Å². The van der Waals surface area contributed by atoms with Crippen LogP contribution in [0.4, 0.5) is 5.82 Å². The molecule has 4 rings (SSSR count). The van der Waals surface area contributed by atoms with Gasteiger partial charge in [-0.25, -0.2) is 9.97 Å². The Hall–Kier alpha value is -2.12. The van der Waals surface area contributed by atoms with Crippen LogP contribution in [0.2, 0.25) is 0 Å². The quantitative estimate of drug-likeness (QED) is 0.787. The molecule has 1 saturated heterocycles. The minimum Gasteiger partial charge on any atom is -0.391 e. The molecule has 7 heteroatoms. The highest BCUT2D eigenvalue weighted by atomic mass is 32.1. The van der Waals surface area contributed by atoms with Crippen molar-refractivity contribution >= 4 is 27.4 Å². The molecular weight excluding hydrogens is 322 g/mol. The number of rotatable bonds is 3. The van der Waals surface area contributed by atoms with Crippen LogP contribution >= 0.6 is 11.3 Å². The van der Waals surface area contributed by atoms with E-state index in [9.17, 15) is 5.11 Å². The fourth-order valence-corrected chi connectivity index (χ4v) is 4.33. The van der Waals surface area contributed by atoms with Crippen molar-refractivity contribution in [3.05, 3.63) is 41.1 Å². The maximum atomic E-state index is 10.5. The Morgan fingerprint density at radius 2 is 2.08 bits per heavy atom. The van der Waals surface area contributed by atoms with Crippen LogP contribution in [-0.2, 0) is 6.42 Å². The second kappa shape index (κ2) is 6.07. The molecule has 24 heavy (non-hydrogen) atoms. The highest BCUT2D eigenvalue weighted by Crippen LogP contribution is 2.36. The lowest BCUT2D eigenvalue weighted by atomic mass is 10.0. The van der Waals surface area contributed by atoms with Gasteiger partial charge in [-0.05, 0) is 25.8 Å². The molecule has 3 aromatic heterocycles. The molecule has 1 fully saturated rings. The zero-order valence-electron chi connectivity index (χ0n) is 13.7. The first-order chi connectivity index (χ1) is 11.6. The Morgan fingerprint density at radius 1 is 1.21 bits per heavy atom. The normalized spacial score (nSPS) is 20.9. The standard InChI is InChI=1S/C17H19N5OS/c1-10-11(2)24-17-15(10)16(20-9-21-17)22-7-12(14(23)8-22)5-13-6-18-3-4-19-13/h3-4,6,9,12,14,23H,5,7-8H2,1-2H3/t12-,14-/m1/s1. The zero-order chi connectivity index (χ0) is 16.7. The van der Waals surface area contributed by atoms with Crippen molar-refractivity contribution in [2.24, 2.45) is 5.92 Å². The SMILES string of the molecule is Cc1sc2ncnc(N3C[C@@H](Cc4cnccn4)[C@H](O)C3)c2c1C. The third kappa shape index (κ3) is 2.63. The number of anilines is 1. The first kappa shape index (κ1) is 15.4.